The van der Waals surface area contributed by atoms with Crippen molar-refractivity contribution >= 4 is 0 Å². The number of hydrogen-bond donors (Lipinski definition) is 0. The topological polar surface area (TPSA) is 0 Å². The lowest BCUT2D eigenvalue weighted by Crippen LogP contribution is -1.91. The quantitative estimate of drug-likeness (QED) is 0.337. The molecule has 0 aromatic heterocycles. The van der Waals surface area contributed by atoms with Crippen molar-refractivity contribution in [2.24, 2.45) is 5.92 Å². The number of allylic oxidation sites excluding steroid dienone is 4. The maximum Gasteiger partial charge on any atom is -0.0288 e. The van der Waals surface area contributed by atoms with Gasteiger partial charge in [-0.15, -0.1) is 0 Å². The molecule has 0 spiro atoms. The highest BCUT2D eigenvalue weighted by molar-refractivity contribution is 4.99. The normalized spacial score (nSPS) is 14.6. The van der Waals surface area contributed by atoms with Crippen LogP contribution in [0.1, 0.15) is 72.6 Å². The molecule has 1 atom stereocenters. The van der Waals surface area contributed by atoms with Gasteiger partial charge in [0, 0.05) is 0 Å². The van der Waals surface area contributed by atoms with Gasteiger partial charge in [-0.3, -0.25) is 0 Å². The summed E-state index contributed by atoms with van der Waals surface area (Å²) in [5.74, 6) is 0.916. The van der Waals surface area contributed by atoms with Crippen molar-refractivity contribution in [3.63, 3.8) is 0 Å². The second-order valence-electron chi connectivity index (χ2n) is 4.96. The zero-order valence-electron chi connectivity index (χ0n) is 11.8. The van der Waals surface area contributed by atoms with Gasteiger partial charge in [0.15, 0.2) is 0 Å². The summed E-state index contributed by atoms with van der Waals surface area (Å²) in [7, 11) is 0. The maximum atomic E-state index is 2.43. The van der Waals surface area contributed by atoms with Gasteiger partial charge in [0.1, 0.15) is 0 Å². The molecule has 0 heteroatoms. The molecule has 0 radical (unpaired) electrons. The molecule has 0 aliphatic carbocycles. The molecule has 0 amide bonds. The highest BCUT2D eigenvalue weighted by Crippen LogP contribution is 2.13. The highest BCUT2D eigenvalue weighted by Gasteiger charge is 1.97. The highest BCUT2D eigenvalue weighted by atomic mass is 14.0. The Morgan fingerprint density at radius 3 is 2.56 bits per heavy atom. The average Bonchev–Trinajstić information content (AvgIpc) is 2.28. The summed E-state index contributed by atoms with van der Waals surface area (Å²) >= 11 is 0. The first-order valence-electron chi connectivity index (χ1n) is 6.97. The van der Waals surface area contributed by atoms with Crippen LogP contribution in [0, 0.1) is 5.92 Å². The van der Waals surface area contributed by atoms with Crippen molar-refractivity contribution in [2.45, 2.75) is 72.6 Å². The van der Waals surface area contributed by atoms with Gasteiger partial charge in [-0.25, -0.2) is 0 Å². The Hall–Kier alpha value is -0.520. The van der Waals surface area contributed by atoms with Crippen LogP contribution in [-0.2, 0) is 0 Å². The number of unbranched alkanes of at least 4 members (excludes halogenated alkanes) is 2. The van der Waals surface area contributed by atoms with E-state index in [2.05, 4.69) is 45.9 Å². The molecule has 1 unspecified atom stereocenters. The molecule has 0 saturated heterocycles. The van der Waals surface area contributed by atoms with Crippen LogP contribution in [0.15, 0.2) is 23.8 Å². The molecule has 0 aliphatic rings. The summed E-state index contributed by atoms with van der Waals surface area (Å²) in [6, 6.07) is 0. The third-order valence-electron chi connectivity index (χ3n) is 3.28. The van der Waals surface area contributed by atoms with E-state index < -0.39 is 0 Å². The van der Waals surface area contributed by atoms with Crippen LogP contribution in [0.4, 0.5) is 0 Å². The lowest BCUT2D eigenvalue weighted by Gasteiger charge is -2.06. The second-order valence-corrected chi connectivity index (χ2v) is 4.96. The van der Waals surface area contributed by atoms with Crippen LogP contribution < -0.4 is 0 Å². The molecule has 0 nitrogen and oxygen atoms in total. The SMILES string of the molecule is CC=CCCC(C)=CCCCCC(C)CC. The van der Waals surface area contributed by atoms with Crippen LogP contribution in [0.2, 0.25) is 0 Å². The van der Waals surface area contributed by atoms with Gasteiger partial charge < -0.3 is 0 Å². The van der Waals surface area contributed by atoms with E-state index in [4.69, 9.17) is 0 Å². The van der Waals surface area contributed by atoms with E-state index in [0.29, 0.717) is 0 Å². The smallest absolute Gasteiger partial charge is 0.0288 e. The fourth-order valence-corrected chi connectivity index (χ4v) is 1.77. The Morgan fingerprint density at radius 2 is 1.94 bits per heavy atom. The summed E-state index contributed by atoms with van der Waals surface area (Å²) in [4.78, 5) is 0. The molecular formula is C16H30. The third kappa shape index (κ3) is 10.0. The van der Waals surface area contributed by atoms with Gasteiger partial charge >= 0.3 is 0 Å². The molecule has 0 fully saturated rings. The Morgan fingerprint density at radius 1 is 1.19 bits per heavy atom. The zero-order valence-corrected chi connectivity index (χ0v) is 11.8. The molecule has 16 heavy (non-hydrogen) atoms. The average molecular weight is 222 g/mol. The van der Waals surface area contributed by atoms with Crippen molar-refractivity contribution in [1.82, 2.24) is 0 Å². The molecule has 0 rings (SSSR count). The van der Waals surface area contributed by atoms with Gasteiger partial charge in [0.2, 0.25) is 0 Å². The Kier molecular flexibility index (Phi) is 10.6. The predicted octanol–water partition coefficient (Wildman–Crippen LogP) is 5.90. The zero-order chi connectivity index (χ0) is 12.2. The van der Waals surface area contributed by atoms with Crippen LogP contribution >= 0.6 is 0 Å². The first-order valence-corrected chi connectivity index (χ1v) is 6.97. The summed E-state index contributed by atoms with van der Waals surface area (Å²) in [6.07, 6.45) is 16.0. The summed E-state index contributed by atoms with van der Waals surface area (Å²) < 4.78 is 0. The van der Waals surface area contributed by atoms with E-state index in [1.54, 1.807) is 5.57 Å². The number of rotatable bonds is 9. The van der Waals surface area contributed by atoms with Gasteiger partial charge in [-0.05, 0) is 45.4 Å². The van der Waals surface area contributed by atoms with E-state index in [0.717, 1.165) is 5.92 Å². The van der Waals surface area contributed by atoms with E-state index in [-0.39, 0.29) is 0 Å². The minimum absolute atomic E-state index is 0.916. The van der Waals surface area contributed by atoms with Crippen LogP contribution in [0.3, 0.4) is 0 Å². The van der Waals surface area contributed by atoms with Crippen LogP contribution in [-0.4, -0.2) is 0 Å². The molecule has 0 aromatic rings. The first kappa shape index (κ1) is 15.5. The van der Waals surface area contributed by atoms with Crippen molar-refractivity contribution < 1.29 is 0 Å². The summed E-state index contributed by atoms with van der Waals surface area (Å²) in [6.45, 7) is 9.00. The lowest BCUT2D eigenvalue weighted by atomic mass is 10.0. The fraction of sp³-hybridized carbons (Fsp3) is 0.750. The molecule has 94 valence electrons. The predicted molar refractivity (Wildman–Crippen MR) is 75.7 cm³/mol. The Balaban J connectivity index is 3.44. The minimum atomic E-state index is 0.916. The first-order chi connectivity index (χ1) is 7.70. The third-order valence-corrected chi connectivity index (χ3v) is 3.28. The Bertz CT molecular complexity index is 198. The number of hydrogen-bond acceptors (Lipinski definition) is 0. The van der Waals surface area contributed by atoms with E-state index in [1.807, 2.05) is 0 Å². The molecule has 0 bridgehead atoms. The van der Waals surface area contributed by atoms with Gasteiger partial charge in [-0.2, -0.15) is 0 Å². The van der Waals surface area contributed by atoms with E-state index in [1.165, 1.54) is 44.9 Å². The second kappa shape index (κ2) is 11.0. The lowest BCUT2D eigenvalue weighted by molar-refractivity contribution is 0.486. The van der Waals surface area contributed by atoms with Gasteiger partial charge in [-0.1, -0.05) is 56.9 Å². The standard InChI is InChI=1S/C16H30/c1-5-7-9-13-16(4)14-11-8-10-12-15(3)6-2/h5,7,14-15H,6,8-13H2,1-4H3. The Labute approximate surface area is 103 Å². The summed E-state index contributed by atoms with van der Waals surface area (Å²) in [5, 5.41) is 0. The van der Waals surface area contributed by atoms with Crippen molar-refractivity contribution in [3.05, 3.63) is 23.8 Å². The van der Waals surface area contributed by atoms with E-state index in [9.17, 15) is 0 Å². The molecule has 0 aromatic carbocycles. The van der Waals surface area contributed by atoms with E-state index >= 15 is 0 Å². The van der Waals surface area contributed by atoms with Crippen molar-refractivity contribution in [3.8, 4) is 0 Å². The molecular weight excluding hydrogens is 192 g/mol. The summed E-state index contributed by atoms with van der Waals surface area (Å²) in [5.41, 5.74) is 1.56. The van der Waals surface area contributed by atoms with Crippen LogP contribution in [0.5, 0.6) is 0 Å². The minimum Gasteiger partial charge on any atom is -0.0917 e. The van der Waals surface area contributed by atoms with Crippen molar-refractivity contribution in [1.29, 1.82) is 0 Å². The largest absolute Gasteiger partial charge is 0.0917 e. The fourth-order valence-electron chi connectivity index (χ4n) is 1.77. The molecule has 0 saturated carbocycles. The van der Waals surface area contributed by atoms with Gasteiger partial charge in [0.25, 0.3) is 0 Å². The molecule has 0 N–H and O–H groups in total. The van der Waals surface area contributed by atoms with Crippen molar-refractivity contribution in [2.75, 3.05) is 0 Å². The van der Waals surface area contributed by atoms with Gasteiger partial charge in [0.05, 0.1) is 0 Å². The van der Waals surface area contributed by atoms with Crippen LogP contribution in [0.25, 0.3) is 0 Å². The maximum absolute atomic E-state index is 2.43. The molecule has 0 aliphatic heterocycles. The monoisotopic (exact) mass is 222 g/mol. The molecule has 0 heterocycles.